The predicted molar refractivity (Wildman–Crippen MR) is 71.6 cm³/mol. The third-order valence-electron chi connectivity index (χ3n) is 3.92. The average Bonchev–Trinajstić information content (AvgIpc) is 3.26. The summed E-state index contributed by atoms with van der Waals surface area (Å²) in [5, 5.41) is 0. The van der Waals surface area contributed by atoms with Gasteiger partial charge >= 0.3 is 0 Å². The fourth-order valence-corrected chi connectivity index (χ4v) is 2.37. The number of benzene rings is 1. The molecule has 0 saturated heterocycles. The number of rotatable bonds is 3. The van der Waals surface area contributed by atoms with Gasteiger partial charge in [-0.15, -0.1) is 0 Å². The van der Waals surface area contributed by atoms with Crippen LogP contribution in [0.25, 0.3) is 0 Å². The van der Waals surface area contributed by atoms with E-state index in [4.69, 9.17) is 15.2 Å². The monoisotopic (exact) mass is 262 g/mol. The minimum Gasteiger partial charge on any atom is -0.486 e. The normalized spacial score (nSPS) is 18.8. The van der Waals surface area contributed by atoms with Crippen molar-refractivity contribution in [3.8, 4) is 11.5 Å². The highest BCUT2D eigenvalue weighted by atomic mass is 16.6. The van der Waals surface area contributed by atoms with Gasteiger partial charge in [0.2, 0.25) is 5.91 Å². The molecule has 0 atom stereocenters. The van der Waals surface area contributed by atoms with E-state index in [1.165, 1.54) is 0 Å². The lowest BCUT2D eigenvalue weighted by molar-refractivity contribution is -0.123. The van der Waals surface area contributed by atoms with Gasteiger partial charge in [-0.1, -0.05) is 0 Å². The molecule has 0 bridgehead atoms. The van der Waals surface area contributed by atoms with E-state index >= 15 is 0 Å². The minimum absolute atomic E-state index is 0.0895. The molecule has 5 heteroatoms. The first-order valence-electron chi connectivity index (χ1n) is 6.54. The van der Waals surface area contributed by atoms with Crippen molar-refractivity contribution >= 4 is 11.6 Å². The van der Waals surface area contributed by atoms with Crippen LogP contribution in [0.2, 0.25) is 0 Å². The fourth-order valence-electron chi connectivity index (χ4n) is 2.37. The molecule has 0 radical (unpaired) electrons. The SMILES string of the molecule is CN(C(=O)C1(CN)CC1)c1ccc2c(c1)OCCO2. The number of nitrogens with zero attached hydrogens (tertiary/aromatic N) is 1. The van der Waals surface area contributed by atoms with Crippen molar-refractivity contribution in [1.29, 1.82) is 0 Å². The molecule has 1 heterocycles. The van der Waals surface area contributed by atoms with Gasteiger partial charge in [0, 0.05) is 25.3 Å². The van der Waals surface area contributed by atoms with E-state index in [0.717, 1.165) is 24.3 Å². The number of hydrogen-bond acceptors (Lipinski definition) is 4. The van der Waals surface area contributed by atoms with Crippen LogP contribution in [-0.2, 0) is 4.79 Å². The smallest absolute Gasteiger partial charge is 0.234 e. The van der Waals surface area contributed by atoms with Crippen molar-refractivity contribution in [2.24, 2.45) is 11.1 Å². The number of nitrogens with two attached hydrogens (primary N) is 1. The second-order valence-corrected chi connectivity index (χ2v) is 5.18. The highest BCUT2D eigenvalue weighted by Gasteiger charge is 2.50. The lowest BCUT2D eigenvalue weighted by Crippen LogP contribution is -2.38. The minimum atomic E-state index is -0.331. The molecular formula is C14H18N2O3. The maximum Gasteiger partial charge on any atom is 0.234 e. The molecule has 5 nitrogen and oxygen atoms in total. The maximum atomic E-state index is 12.4. The Hall–Kier alpha value is -1.75. The van der Waals surface area contributed by atoms with Crippen LogP contribution in [0.3, 0.4) is 0 Å². The summed E-state index contributed by atoms with van der Waals surface area (Å²) in [4.78, 5) is 14.1. The van der Waals surface area contributed by atoms with E-state index in [9.17, 15) is 4.79 Å². The van der Waals surface area contributed by atoms with E-state index in [1.807, 2.05) is 18.2 Å². The Morgan fingerprint density at radius 2 is 2.00 bits per heavy atom. The van der Waals surface area contributed by atoms with E-state index in [0.29, 0.717) is 25.5 Å². The summed E-state index contributed by atoms with van der Waals surface area (Å²) in [5.41, 5.74) is 6.19. The summed E-state index contributed by atoms with van der Waals surface area (Å²) in [5.74, 6) is 1.52. The highest BCUT2D eigenvalue weighted by molar-refractivity contribution is 5.99. The fraction of sp³-hybridized carbons (Fsp3) is 0.500. The molecule has 1 aliphatic heterocycles. The molecule has 1 saturated carbocycles. The average molecular weight is 262 g/mol. The van der Waals surface area contributed by atoms with Crippen LogP contribution in [-0.4, -0.2) is 32.7 Å². The second-order valence-electron chi connectivity index (χ2n) is 5.18. The highest BCUT2D eigenvalue weighted by Crippen LogP contribution is 2.47. The lowest BCUT2D eigenvalue weighted by Gasteiger charge is -2.25. The Kier molecular flexibility index (Phi) is 2.86. The Morgan fingerprint density at radius 3 is 2.63 bits per heavy atom. The summed E-state index contributed by atoms with van der Waals surface area (Å²) in [6.45, 7) is 1.53. The van der Waals surface area contributed by atoms with Crippen molar-refractivity contribution in [3.05, 3.63) is 18.2 Å². The predicted octanol–water partition coefficient (Wildman–Crippen LogP) is 1.16. The van der Waals surface area contributed by atoms with E-state index in [-0.39, 0.29) is 11.3 Å². The van der Waals surface area contributed by atoms with Crippen LogP contribution in [0, 0.1) is 5.41 Å². The number of carbonyl (C=O) groups excluding carboxylic acids is 1. The Morgan fingerprint density at radius 1 is 1.32 bits per heavy atom. The third-order valence-corrected chi connectivity index (χ3v) is 3.92. The molecule has 0 spiro atoms. The van der Waals surface area contributed by atoms with E-state index < -0.39 is 0 Å². The van der Waals surface area contributed by atoms with Crippen LogP contribution >= 0.6 is 0 Å². The van der Waals surface area contributed by atoms with Gasteiger partial charge in [0.15, 0.2) is 11.5 Å². The third kappa shape index (κ3) is 2.04. The van der Waals surface area contributed by atoms with Crippen LogP contribution < -0.4 is 20.1 Å². The van der Waals surface area contributed by atoms with Crippen LogP contribution in [0.5, 0.6) is 11.5 Å². The van der Waals surface area contributed by atoms with Gasteiger partial charge in [-0.2, -0.15) is 0 Å². The first kappa shape index (κ1) is 12.3. The summed E-state index contributed by atoms with van der Waals surface area (Å²) in [6, 6.07) is 5.56. The Balaban J connectivity index is 1.84. The first-order chi connectivity index (χ1) is 9.16. The van der Waals surface area contributed by atoms with Gasteiger partial charge in [-0.25, -0.2) is 0 Å². The quantitative estimate of drug-likeness (QED) is 0.887. The number of anilines is 1. The van der Waals surface area contributed by atoms with Crippen molar-refractivity contribution in [2.75, 3.05) is 31.7 Å². The number of ether oxygens (including phenoxy) is 2. The van der Waals surface area contributed by atoms with Crippen molar-refractivity contribution in [2.45, 2.75) is 12.8 Å². The molecule has 0 unspecified atom stereocenters. The van der Waals surface area contributed by atoms with Gasteiger partial charge in [0.25, 0.3) is 0 Å². The summed E-state index contributed by atoms with van der Waals surface area (Å²) in [6.07, 6.45) is 1.77. The zero-order valence-electron chi connectivity index (χ0n) is 11.0. The Bertz CT molecular complexity index is 511. The maximum absolute atomic E-state index is 12.4. The van der Waals surface area contributed by atoms with Crippen LogP contribution in [0.15, 0.2) is 18.2 Å². The van der Waals surface area contributed by atoms with E-state index in [2.05, 4.69) is 0 Å². The molecule has 2 N–H and O–H groups in total. The van der Waals surface area contributed by atoms with Gasteiger partial charge < -0.3 is 20.1 Å². The largest absolute Gasteiger partial charge is 0.486 e. The molecule has 1 fully saturated rings. The molecule has 1 aromatic carbocycles. The molecule has 1 aliphatic carbocycles. The number of amides is 1. The van der Waals surface area contributed by atoms with Crippen LogP contribution in [0.1, 0.15) is 12.8 Å². The molecule has 0 aromatic heterocycles. The van der Waals surface area contributed by atoms with E-state index in [1.54, 1.807) is 11.9 Å². The molecule has 2 aliphatic rings. The molecule has 19 heavy (non-hydrogen) atoms. The van der Waals surface area contributed by atoms with Crippen molar-refractivity contribution in [3.63, 3.8) is 0 Å². The Labute approximate surface area is 112 Å². The summed E-state index contributed by atoms with van der Waals surface area (Å²) >= 11 is 0. The van der Waals surface area contributed by atoms with Gasteiger partial charge in [-0.05, 0) is 25.0 Å². The molecule has 3 rings (SSSR count). The molecule has 102 valence electrons. The standard InChI is InChI=1S/C14H18N2O3/c1-16(13(17)14(9-15)4-5-14)10-2-3-11-12(8-10)19-7-6-18-11/h2-3,8H,4-7,9,15H2,1H3. The number of fused-ring (bicyclic) bond motifs is 1. The van der Waals surface area contributed by atoms with Gasteiger partial charge in [-0.3, -0.25) is 4.79 Å². The lowest BCUT2D eigenvalue weighted by atomic mass is 10.1. The second kappa shape index (κ2) is 4.42. The zero-order valence-corrected chi connectivity index (χ0v) is 11.0. The molecular weight excluding hydrogens is 244 g/mol. The van der Waals surface area contributed by atoms with Gasteiger partial charge in [0.05, 0.1) is 5.41 Å². The summed E-state index contributed by atoms with van der Waals surface area (Å²) < 4.78 is 11.0. The molecule has 1 amide bonds. The zero-order chi connectivity index (χ0) is 13.5. The summed E-state index contributed by atoms with van der Waals surface area (Å²) in [7, 11) is 1.78. The van der Waals surface area contributed by atoms with Gasteiger partial charge in [0.1, 0.15) is 13.2 Å². The van der Waals surface area contributed by atoms with Crippen molar-refractivity contribution in [1.82, 2.24) is 0 Å². The number of carbonyl (C=O) groups is 1. The first-order valence-corrected chi connectivity index (χ1v) is 6.54. The number of hydrogen-bond donors (Lipinski definition) is 1. The molecule has 1 aromatic rings. The topological polar surface area (TPSA) is 64.8 Å². The van der Waals surface area contributed by atoms with Crippen molar-refractivity contribution < 1.29 is 14.3 Å². The van der Waals surface area contributed by atoms with Crippen LogP contribution in [0.4, 0.5) is 5.69 Å².